The fourth-order valence-electron chi connectivity index (χ4n) is 2.76. The Hall–Kier alpha value is -3.11. The number of nitrogens with one attached hydrogen (secondary N) is 1. The van der Waals surface area contributed by atoms with Gasteiger partial charge in [0.1, 0.15) is 24.0 Å². The highest BCUT2D eigenvalue weighted by atomic mass is 127. The van der Waals surface area contributed by atoms with Crippen LogP contribution < -0.4 is 10.1 Å². The SMILES string of the molecule is Cc1ccc(COc2ccc(/C=C(/C#N)C(=O)NCc3ccccc3)cc2I)cc1. The number of nitrogens with zero attached hydrogens (tertiary/aromatic N) is 1. The van der Waals surface area contributed by atoms with Crippen LogP contribution in [0.25, 0.3) is 6.08 Å². The Morgan fingerprint density at radius 3 is 2.47 bits per heavy atom. The van der Waals surface area contributed by atoms with Gasteiger partial charge in [-0.3, -0.25) is 4.79 Å². The summed E-state index contributed by atoms with van der Waals surface area (Å²) in [5.41, 5.74) is 4.13. The minimum atomic E-state index is -0.393. The smallest absolute Gasteiger partial charge is 0.262 e. The number of rotatable bonds is 7. The van der Waals surface area contributed by atoms with E-state index in [9.17, 15) is 10.1 Å². The maximum absolute atomic E-state index is 12.4. The van der Waals surface area contributed by atoms with E-state index in [4.69, 9.17) is 4.74 Å². The van der Waals surface area contributed by atoms with Crippen LogP contribution in [0.1, 0.15) is 22.3 Å². The van der Waals surface area contributed by atoms with Crippen molar-refractivity contribution >= 4 is 34.6 Å². The number of ether oxygens (including phenoxy) is 1. The first kappa shape index (κ1) is 21.6. The first-order chi connectivity index (χ1) is 14.5. The molecule has 3 aromatic rings. The van der Waals surface area contributed by atoms with Gasteiger partial charge in [-0.25, -0.2) is 0 Å². The van der Waals surface area contributed by atoms with E-state index in [1.165, 1.54) is 5.56 Å². The molecule has 150 valence electrons. The Balaban J connectivity index is 1.64. The number of carbonyl (C=O) groups excluding carboxylic acids is 1. The molecular weight excluding hydrogens is 487 g/mol. The Morgan fingerprint density at radius 2 is 1.80 bits per heavy atom. The van der Waals surface area contributed by atoms with E-state index in [0.717, 1.165) is 26.0 Å². The predicted octanol–water partition coefficient (Wildman–Crippen LogP) is 5.40. The molecule has 1 amide bonds. The molecule has 0 saturated carbocycles. The Kier molecular flexibility index (Phi) is 7.63. The topological polar surface area (TPSA) is 62.1 Å². The molecule has 0 aliphatic heterocycles. The number of hydrogen-bond acceptors (Lipinski definition) is 3. The van der Waals surface area contributed by atoms with Crippen molar-refractivity contribution < 1.29 is 9.53 Å². The molecule has 0 saturated heterocycles. The summed E-state index contributed by atoms with van der Waals surface area (Å²) in [5.74, 6) is 0.372. The molecule has 3 rings (SSSR count). The number of nitriles is 1. The zero-order valence-corrected chi connectivity index (χ0v) is 18.7. The number of amides is 1. The molecule has 0 heterocycles. The number of carbonyl (C=O) groups is 1. The number of halogens is 1. The van der Waals surface area contributed by atoms with Crippen LogP contribution in [-0.4, -0.2) is 5.91 Å². The lowest BCUT2D eigenvalue weighted by molar-refractivity contribution is -0.117. The molecule has 1 N–H and O–H groups in total. The van der Waals surface area contributed by atoms with Gasteiger partial charge in [0.2, 0.25) is 0 Å². The summed E-state index contributed by atoms with van der Waals surface area (Å²) in [4.78, 5) is 12.4. The number of benzene rings is 3. The summed E-state index contributed by atoms with van der Waals surface area (Å²) in [6.45, 7) is 2.91. The van der Waals surface area contributed by atoms with Gasteiger partial charge < -0.3 is 10.1 Å². The zero-order valence-electron chi connectivity index (χ0n) is 16.6. The molecule has 0 atom stereocenters. The van der Waals surface area contributed by atoms with E-state index in [1.807, 2.05) is 66.7 Å². The van der Waals surface area contributed by atoms with Gasteiger partial charge in [-0.1, -0.05) is 66.2 Å². The lowest BCUT2D eigenvalue weighted by Gasteiger charge is -2.09. The summed E-state index contributed by atoms with van der Waals surface area (Å²) < 4.78 is 6.82. The molecule has 3 aromatic carbocycles. The third-order valence-corrected chi connectivity index (χ3v) is 5.29. The van der Waals surface area contributed by atoms with E-state index < -0.39 is 5.91 Å². The summed E-state index contributed by atoms with van der Waals surface area (Å²) in [5, 5.41) is 12.2. The lowest BCUT2D eigenvalue weighted by Crippen LogP contribution is -2.23. The van der Waals surface area contributed by atoms with Crippen molar-refractivity contribution in [2.45, 2.75) is 20.1 Å². The summed E-state index contributed by atoms with van der Waals surface area (Å²) in [7, 11) is 0. The number of hydrogen-bond donors (Lipinski definition) is 1. The largest absolute Gasteiger partial charge is 0.488 e. The van der Waals surface area contributed by atoms with Gasteiger partial charge in [-0.15, -0.1) is 0 Å². The van der Waals surface area contributed by atoms with E-state index in [2.05, 4.69) is 47.0 Å². The van der Waals surface area contributed by atoms with Crippen LogP contribution in [0.15, 0.2) is 78.4 Å². The molecule has 0 aliphatic rings. The molecule has 0 aliphatic carbocycles. The molecule has 0 radical (unpaired) electrons. The van der Waals surface area contributed by atoms with Crippen LogP contribution in [0.5, 0.6) is 5.75 Å². The molecule has 0 aromatic heterocycles. The monoisotopic (exact) mass is 508 g/mol. The average molecular weight is 508 g/mol. The van der Waals surface area contributed by atoms with Crippen molar-refractivity contribution in [2.24, 2.45) is 0 Å². The highest BCUT2D eigenvalue weighted by molar-refractivity contribution is 14.1. The molecule has 30 heavy (non-hydrogen) atoms. The fraction of sp³-hybridized carbons (Fsp3) is 0.120. The first-order valence-corrected chi connectivity index (χ1v) is 10.5. The van der Waals surface area contributed by atoms with Gasteiger partial charge in [-0.05, 0) is 64.4 Å². The summed E-state index contributed by atoms with van der Waals surface area (Å²) >= 11 is 2.20. The van der Waals surface area contributed by atoms with Crippen molar-refractivity contribution in [3.05, 3.63) is 104 Å². The second-order valence-electron chi connectivity index (χ2n) is 6.80. The molecular formula is C25H21IN2O2. The second-order valence-corrected chi connectivity index (χ2v) is 7.96. The first-order valence-electron chi connectivity index (χ1n) is 9.47. The quantitative estimate of drug-likeness (QED) is 0.264. The molecule has 0 spiro atoms. The normalized spacial score (nSPS) is 10.9. The molecule has 4 nitrogen and oxygen atoms in total. The predicted molar refractivity (Wildman–Crippen MR) is 127 cm³/mol. The van der Waals surface area contributed by atoms with Crippen LogP contribution in [0.2, 0.25) is 0 Å². The minimum Gasteiger partial charge on any atom is -0.488 e. The van der Waals surface area contributed by atoms with Crippen LogP contribution in [0, 0.1) is 21.8 Å². The fourth-order valence-corrected chi connectivity index (χ4v) is 3.45. The van der Waals surface area contributed by atoms with E-state index in [-0.39, 0.29) is 5.57 Å². The van der Waals surface area contributed by atoms with Crippen molar-refractivity contribution in [2.75, 3.05) is 0 Å². The van der Waals surface area contributed by atoms with Gasteiger partial charge in [0.05, 0.1) is 3.57 Å². The van der Waals surface area contributed by atoms with E-state index in [1.54, 1.807) is 6.08 Å². The van der Waals surface area contributed by atoms with Crippen molar-refractivity contribution in [3.63, 3.8) is 0 Å². The van der Waals surface area contributed by atoms with Crippen molar-refractivity contribution in [1.29, 1.82) is 5.26 Å². The average Bonchev–Trinajstić information content (AvgIpc) is 2.77. The lowest BCUT2D eigenvalue weighted by atomic mass is 10.1. The van der Waals surface area contributed by atoms with Gasteiger partial charge >= 0.3 is 0 Å². The van der Waals surface area contributed by atoms with E-state index >= 15 is 0 Å². The van der Waals surface area contributed by atoms with E-state index in [0.29, 0.717) is 13.2 Å². The highest BCUT2D eigenvalue weighted by Crippen LogP contribution is 2.24. The molecule has 0 bridgehead atoms. The van der Waals surface area contributed by atoms with Crippen LogP contribution in [0.3, 0.4) is 0 Å². The number of aryl methyl sites for hydroxylation is 1. The third kappa shape index (κ3) is 6.19. The standard InChI is InChI=1S/C25H21IN2O2/c1-18-7-9-20(10-8-18)17-30-24-12-11-21(14-23(24)26)13-22(15-27)25(29)28-16-19-5-3-2-4-6-19/h2-14H,16-17H2,1H3,(H,28,29)/b22-13-. The molecule has 0 unspecified atom stereocenters. The highest BCUT2D eigenvalue weighted by Gasteiger charge is 2.10. The summed E-state index contributed by atoms with van der Waals surface area (Å²) in [6, 6.07) is 25.4. The summed E-state index contributed by atoms with van der Waals surface area (Å²) in [6.07, 6.45) is 1.59. The zero-order chi connectivity index (χ0) is 21.3. The van der Waals surface area contributed by atoms with Crippen LogP contribution in [0.4, 0.5) is 0 Å². The molecule has 0 fully saturated rings. The van der Waals surface area contributed by atoms with Crippen molar-refractivity contribution in [1.82, 2.24) is 5.32 Å². The maximum atomic E-state index is 12.4. The minimum absolute atomic E-state index is 0.0649. The van der Waals surface area contributed by atoms with Gasteiger partial charge in [0.15, 0.2) is 0 Å². The van der Waals surface area contributed by atoms with Gasteiger partial charge in [0.25, 0.3) is 5.91 Å². The van der Waals surface area contributed by atoms with Gasteiger partial charge in [0, 0.05) is 6.54 Å². The van der Waals surface area contributed by atoms with Crippen molar-refractivity contribution in [3.8, 4) is 11.8 Å². The Labute approximate surface area is 190 Å². The Morgan fingerprint density at radius 1 is 1.07 bits per heavy atom. The second kappa shape index (κ2) is 10.6. The van der Waals surface area contributed by atoms with Crippen LogP contribution >= 0.6 is 22.6 Å². The van der Waals surface area contributed by atoms with Crippen LogP contribution in [-0.2, 0) is 17.9 Å². The molecule has 5 heteroatoms. The Bertz CT molecular complexity index is 1080. The maximum Gasteiger partial charge on any atom is 0.262 e. The third-order valence-electron chi connectivity index (χ3n) is 4.44. The van der Waals surface area contributed by atoms with Gasteiger partial charge in [-0.2, -0.15) is 5.26 Å².